The standard InChI is InChI=1S/C11H8Cl2N2O2/c1-15-10(5-9(14-15)11(16)17)6-2-3-7(12)8(13)4-6/h2-5H,1H3,(H,16,17). The lowest BCUT2D eigenvalue weighted by atomic mass is 10.1. The molecule has 0 saturated heterocycles. The third-order valence-corrected chi connectivity index (χ3v) is 3.05. The molecule has 0 unspecified atom stereocenters. The third-order valence-electron chi connectivity index (χ3n) is 2.31. The van der Waals surface area contributed by atoms with E-state index in [1.54, 1.807) is 25.2 Å². The maximum absolute atomic E-state index is 10.8. The molecule has 1 N–H and O–H groups in total. The molecule has 4 nitrogen and oxygen atoms in total. The molecule has 0 aliphatic carbocycles. The van der Waals surface area contributed by atoms with Gasteiger partial charge in [-0.25, -0.2) is 4.79 Å². The SMILES string of the molecule is Cn1nc(C(=O)O)cc1-c1ccc(Cl)c(Cl)c1. The number of aromatic nitrogens is 2. The van der Waals surface area contributed by atoms with Crippen LogP contribution in [-0.2, 0) is 7.05 Å². The molecule has 2 aromatic rings. The van der Waals surface area contributed by atoms with Gasteiger partial charge in [0.05, 0.1) is 15.7 Å². The van der Waals surface area contributed by atoms with Gasteiger partial charge in [0, 0.05) is 12.6 Å². The van der Waals surface area contributed by atoms with Crippen molar-refractivity contribution in [2.75, 3.05) is 0 Å². The van der Waals surface area contributed by atoms with Crippen LogP contribution in [0, 0.1) is 0 Å². The van der Waals surface area contributed by atoms with Crippen molar-refractivity contribution in [2.45, 2.75) is 0 Å². The number of aryl methyl sites for hydroxylation is 1. The van der Waals surface area contributed by atoms with Crippen LogP contribution in [0.15, 0.2) is 24.3 Å². The summed E-state index contributed by atoms with van der Waals surface area (Å²) in [5.74, 6) is -1.06. The van der Waals surface area contributed by atoms with Gasteiger partial charge in [0.25, 0.3) is 0 Å². The topological polar surface area (TPSA) is 55.1 Å². The minimum absolute atomic E-state index is 0.00595. The summed E-state index contributed by atoms with van der Waals surface area (Å²) in [7, 11) is 1.67. The zero-order chi connectivity index (χ0) is 12.6. The summed E-state index contributed by atoms with van der Waals surface area (Å²) in [6.07, 6.45) is 0. The normalized spacial score (nSPS) is 10.5. The summed E-state index contributed by atoms with van der Waals surface area (Å²) in [5, 5.41) is 13.6. The van der Waals surface area contributed by atoms with Gasteiger partial charge in [-0.1, -0.05) is 29.3 Å². The smallest absolute Gasteiger partial charge is 0.356 e. The fraction of sp³-hybridized carbons (Fsp3) is 0.0909. The predicted molar refractivity (Wildman–Crippen MR) is 65.6 cm³/mol. The van der Waals surface area contributed by atoms with Crippen molar-refractivity contribution < 1.29 is 9.90 Å². The van der Waals surface area contributed by atoms with Gasteiger partial charge in [0.1, 0.15) is 0 Å². The maximum Gasteiger partial charge on any atom is 0.356 e. The van der Waals surface area contributed by atoms with Crippen molar-refractivity contribution in [3.8, 4) is 11.3 Å². The van der Waals surface area contributed by atoms with Crippen LogP contribution in [0.4, 0.5) is 0 Å². The van der Waals surface area contributed by atoms with Crippen LogP contribution in [0.5, 0.6) is 0 Å². The molecule has 0 fully saturated rings. The molecule has 17 heavy (non-hydrogen) atoms. The minimum Gasteiger partial charge on any atom is -0.476 e. The Balaban J connectivity index is 2.52. The maximum atomic E-state index is 10.8. The largest absolute Gasteiger partial charge is 0.476 e. The number of nitrogens with zero attached hydrogens (tertiary/aromatic N) is 2. The zero-order valence-corrected chi connectivity index (χ0v) is 10.3. The van der Waals surface area contributed by atoms with Crippen LogP contribution in [0.1, 0.15) is 10.5 Å². The highest BCUT2D eigenvalue weighted by molar-refractivity contribution is 6.42. The molecule has 0 amide bonds. The van der Waals surface area contributed by atoms with E-state index in [0.717, 1.165) is 5.56 Å². The van der Waals surface area contributed by atoms with Crippen molar-refractivity contribution in [2.24, 2.45) is 7.05 Å². The van der Waals surface area contributed by atoms with Gasteiger partial charge in [0.2, 0.25) is 0 Å². The van der Waals surface area contributed by atoms with E-state index in [4.69, 9.17) is 28.3 Å². The van der Waals surface area contributed by atoms with Crippen molar-refractivity contribution in [1.82, 2.24) is 9.78 Å². The highest BCUT2D eigenvalue weighted by atomic mass is 35.5. The molecule has 0 saturated carbocycles. The van der Waals surface area contributed by atoms with Gasteiger partial charge in [-0.15, -0.1) is 0 Å². The van der Waals surface area contributed by atoms with Crippen LogP contribution >= 0.6 is 23.2 Å². The number of hydrogen-bond acceptors (Lipinski definition) is 2. The summed E-state index contributed by atoms with van der Waals surface area (Å²) in [5.41, 5.74) is 1.43. The highest BCUT2D eigenvalue weighted by Crippen LogP contribution is 2.28. The molecule has 1 heterocycles. The van der Waals surface area contributed by atoms with Gasteiger partial charge in [-0.2, -0.15) is 5.10 Å². The summed E-state index contributed by atoms with van der Waals surface area (Å²) < 4.78 is 1.49. The molecule has 1 aromatic heterocycles. The summed E-state index contributed by atoms with van der Waals surface area (Å²) in [4.78, 5) is 10.8. The number of rotatable bonds is 2. The lowest BCUT2D eigenvalue weighted by Gasteiger charge is -2.03. The van der Waals surface area contributed by atoms with Crippen LogP contribution in [-0.4, -0.2) is 20.9 Å². The minimum atomic E-state index is -1.06. The molecular weight excluding hydrogens is 263 g/mol. The molecule has 0 spiro atoms. The van der Waals surface area contributed by atoms with Crippen molar-refractivity contribution in [3.05, 3.63) is 40.0 Å². The Morgan fingerprint density at radius 1 is 1.29 bits per heavy atom. The number of hydrogen-bond donors (Lipinski definition) is 1. The lowest BCUT2D eigenvalue weighted by molar-refractivity contribution is 0.0689. The molecule has 0 aliphatic heterocycles. The molecule has 6 heteroatoms. The Labute approximate surface area is 107 Å². The first-order chi connectivity index (χ1) is 7.99. The number of carboxylic acids is 1. The fourth-order valence-corrected chi connectivity index (χ4v) is 1.80. The predicted octanol–water partition coefficient (Wildman–Crippen LogP) is 3.09. The number of benzene rings is 1. The molecule has 2 rings (SSSR count). The van der Waals surface area contributed by atoms with Crippen LogP contribution < -0.4 is 0 Å². The first-order valence-corrected chi connectivity index (χ1v) is 5.47. The quantitative estimate of drug-likeness (QED) is 0.913. The molecule has 0 radical (unpaired) electrons. The van der Waals surface area contributed by atoms with Gasteiger partial charge in [-0.05, 0) is 18.2 Å². The van der Waals surface area contributed by atoms with Gasteiger partial charge < -0.3 is 5.11 Å². The van der Waals surface area contributed by atoms with Crippen molar-refractivity contribution in [1.29, 1.82) is 0 Å². The third kappa shape index (κ3) is 2.28. The van der Waals surface area contributed by atoms with Gasteiger partial charge >= 0.3 is 5.97 Å². The van der Waals surface area contributed by atoms with E-state index >= 15 is 0 Å². The second-order valence-corrected chi connectivity index (χ2v) is 4.29. The van der Waals surface area contributed by atoms with E-state index in [1.807, 2.05) is 0 Å². The zero-order valence-electron chi connectivity index (χ0n) is 8.82. The molecule has 0 aliphatic rings. The lowest BCUT2D eigenvalue weighted by Crippen LogP contribution is -1.99. The Kier molecular flexibility index (Phi) is 3.09. The van der Waals surface area contributed by atoms with E-state index in [2.05, 4.69) is 5.10 Å². The van der Waals surface area contributed by atoms with Crippen LogP contribution in [0.2, 0.25) is 10.0 Å². The van der Waals surface area contributed by atoms with Crippen LogP contribution in [0.3, 0.4) is 0 Å². The van der Waals surface area contributed by atoms with Gasteiger partial charge in [-0.3, -0.25) is 4.68 Å². The van der Waals surface area contributed by atoms with Crippen molar-refractivity contribution in [3.63, 3.8) is 0 Å². The monoisotopic (exact) mass is 270 g/mol. The summed E-state index contributed by atoms with van der Waals surface area (Å²) in [6.45, 7) is 0. The van der Waals surface area contributed by atoms with E-state index < -0.39 is 5.97 Å². The fourth-order valence-electron chi connectivity index (χ4n) is 1.50. The van der Waals surface area contributed by atoms with E-state index in [-0.39, 0.29) is 5.69 Å². The second kappa shape index (κ2) is 4.39. The van der Waals surface area contributed by atoms with E-state index in [9.17, 15) is 4.79 Å². The Hall–Kier alpha value is -1.52. The van der Waals surface area contributed by atoms with E-state index in [1.165, 1.54) is 10.7 Å². The first-order valence-electron chi connectivity index (χ1n) is 4.72. The van der Waals surface area contributed by atoms with E-state index in [0.29, 0.717) is 15.7 Å². The molecule has 0 atom stereocenters. The van der Waals surface area contributed by atoms with Gasteiger partial charge in [0.15, 0.2) is 5.69 Å². The summed E-state index contributed by atoms with van der Waals surface area (Å²) in [6, 6.07) is 6.58. The number of carboxylic acid groups (broad SMARTS) is 1. The Bertz CT molecular complexity index is 593. The first kappa shape index (κ1) is 12.0. The molecule has 1 aromatic carbocycles. The average Bonchev–Trinajstić information content (AvgIpc) is 2.65. The molecule has 0 bridgehead atoms. The number of carbonyl (C=O) groups is 1. The second-order valence-electron chi connectivity index (χ2n) is 3.47. The van der Waals surface area contributed by atoms with Crippen molar-refractivity contribution >= 4 is 29.2 Å². The Morgan fingerprint density at radius 3 is 2.53 bits per heavy atom. The highest BCUT2D eigenvalue weighted by Gasteiger charge is 2.13. The van der Waals surface area contributed by atoms with Crippen LogP contribution in [0.25, 0.3) is 11.3 Å². The average molecular weight is 271 g/mol. The molecular formula is C11H8Cl2N2O2. The number of aromatic carboxylic acids is 1. The summed E-state index contributed by atoms with van der Waals surface area (Å²) >= 11 is 11.7. The Morgan fingerprint density at radius 2 is 2.00 bits per heavy atom. The number of halogens is 2. The molecule has 88 valence electrons.